The number of nitrogens with one attached hydrogen (secondary N) is 2. The molecular weight excluding hydrogens is 452 g/mol. The third-order valence-corrected chi connectivity index (χ3v) is 6.72. The van der Waals surface area contributed by atoms with E-state index < -0.39 is 20.9 Å². The molecule has 0 saturated carbocycles. The average molecular weight is 470 g/mol. The molecule has 33 heavy (non-hydrogen) atoms. The highest BCUT2D eigenvalue weighted by molar-refractivity contribution is 7.89. The Morgan fingerprint density at radius 1 is 1.15 bits per heavy atom. The van der Waals surface area contributed by atoms with Gasteiger partial charge in [0.2, 0.25) is 15.9 Å². The molecule has 2 aromatic carbocycles. The lowest BCUT2D eigenvalue weighted by Crippen LogP contribution is -2.49. The highest BCUT2D eigenvalue weighted by atomic mass is 32.2. The van der Waals surface area contributed by atoms with E-state index >= 15 is 0 Å². The predicted molar refractivity (Wildman–Crippen MR) is 116 cm³/mol. The summed E-state index contributed by atoms with van der Waals surface area (Å²) in [4.78, 5) is 34.4. The van der Waals surface area contributed by atoms with Gasteiger partial charge in [0, 0.05) is 37.1 Å². The highest BCUT2D eigenvalue weighted by Crippen LogP contribution is 2.21. The maximum Gasteiger partial charge on any atom is 0.276 e. The minimum atomic E-state index is -3.91. The average Bonchev–Trinajstić information content (AvgIpc) is 3.30. The second kappa shape index (κ2) is 8.80. The Morgan fingerprint density at radius 3 is 2.61 bits per heavy atom. The number of hydrogen-bond donors (Lipinski definition) is 2. The van der Waals surface area contributed by atoms with Gasteiger partial charge in [0.15, 0.2) is 5.69 Å². The second-order valence-corrected chi connectivity index (χ2v) is 9.03. The number of sulfonamides is 1. The van der Waals surface area contributed by atoms with Crippen LogP contribution < -0.4 is 10.6 Å². The zero-order valence-corrected chi connectivity index (χ0v) is 17.9. The van der Waals surface area contributed by atoms with Crippen LogP contribution in [0.15, 0.2) is 65.7 Å². The molecule has 0 radical (unpaired) electrons. The van der Waals surface area contributed by atoms with Crippen LogP contribution in [0.1, 0.15) is 10.5 Å². The molecule has 0 aliphatic carbocycles. The number of aromatic nitrogens is 2. The smallest absolute Gasteiger partial charge is 0.276 e. The third kappa shape index (κ3) is 4.73. The van der Waals surface area contributed by atoms with Crippen LogP contribution in [0.2, 0.25) is 0 Å². The molecule has 1 fully saturated rings. The van der Waals surface area contributed by atoms with E-state index in [4.69, 9.17) is 0 Å². The molecule has 0 bridgehead atoms. The van der Waals surface area contributed by atoms with E-state index in [1.807, 2.05) is 0 Å². The monoisotopic (exact) mass is 470 g/mol. The fourth-order valence-electron chi connectivity index (χ4n) is 3.21. The standard InChI is InChI=1S/C20H18N6O6S/c27-19-13-24(11-9-21-19)33(31,32)17-3-1-2-14(12-17)22-20(28)18-8-10-25(23-18)15-4-6-16(7-5-15)26(29)30/h1-8,10,12H,9,11,13H2,(H,21,27)(H,22,28). The minimum Gasteiger partial charge on any atom is -0.354 e. The van der Waals surface area contributed by atoms with Crippen molar-refractivity contribution in [2.24, 2.45) is 0 Å². The topological polar surface area (TPSA) is 157 Å². The molecule has 3 aromatic rings. The van der Waals surface area contributed by atoms with Crippen molar-refractivity contribution in [3.63, 3.8) is 0 Å². The second-order valence-electron chi connectivity index (χ2n) is 7.09. The number of anilines is 1. The van der Waals surface area contributed by atoms with Crippen LogP contribution in [0, 0.1) is 10.1 Å². The van der Waals surface area contributed by atoms with Crippen molar-refractivity contribution in [1.29, 1.82) is 0 Å². The van der Waals surface area contributed by atoms with Crippen LogP contribution in [0.4, 0.5) is 11.4 Å². The Labute approximate surface area is 188 Å². The number of non-ortho nitro benzene ring substituents is 1. The number of amides is 2. The SMILES string of the molecule is O=C1CN(S(=O)(=O)c2cccc(NC(=O)c3ccn(-c4ccc([N+](=O)[O-])cc4)n3)c2)CCN1. The molecule has 1 aromatic heterocycles. The Balaban J connectivity index is 1.49. The Hall–Kier alpha value is -4.10. The first-order valence-corrected chi connectivity index (χ1v) is 11.2. The summed E-state index contributed by atoms with van der Waals surface area (Å²) in [6.45, 7) is 0.121. The van der Waals surface area contributed by atoms with Crippen molar-refractivity contribution >= 4 is 33.2 Å². The van der Waals surface area contributed by atoms with Crippen molar-refractivity contribution in [3.8, 4) is 5.69 Å². The number of carbonyl (C=O) groups is 2. The lowest BCUT2D eigenvalue weighted by molar-refractivity contribution is -0.384. The molecule has 1 aliphatic heterocycles. The van der Waals surface area contributed by atoms with E-state index in [0.29, 0.717) is 5.69 Å². The maximum absolute atomic E-state index is 12.8. The van der Waals surface area contributed by atoms with Gasteiger partial charge in [0.25, 0.3) is 11.6 Å². The normalized spacial score (nSPS) is 14.5. The summed E-state index contributed by atoms with van der Waals surface area (Å²) in [6, 6.07) is 12.8. The first-order valence-electron chi connectivity index (χ1n) is 9.73. The number of rotatable bonds is 6. The molecule has 2 amide bonds. The summed E-state index contributed by atoms with van der Waals surface area (Å²) in [7, 11) is -3.91. The van der Waals surface area contributed by atoms with Crippen LogP contribution in [0.25, 0.3) is 5.69 Å². The van der Waals surface area contributed by atoms with Gasteiger partial charge in [0.1, 0.15) is 0 Å². The van der Waals surface area contributed by atoms with E-state index in [0.717, 1.165) is 4.31 Å². The zero-order valence-electron chi connectivity index (χ0n) is 17.0. The van der Waals surface area contributed by atoms with Crippen molar-refractivity contribution in [3.05, 3.63) is 76.6 Å². The fourth-order valence-corrected chi connectivity index (χ4v) is 4.66. The fraction of sp³-hybridized carbons (Fsp3) is 0.150. The molecule has 0 unspecified atom stereocenters. The largest absolute Gasteiger partial charge is 0.354 e. The number of carbonyl (C=O) groups excluding carboxylic acids is 2. The number of piperazine rings is 1. The lowest BCUT2D eigenvalue weighted by atomic mass is 10.3. The number of nitro groups is 1. The summed E-state index contributed by atoms with van der Waals surface area (Å²) in [5, 5.41) is 20.1. The van der Waals surface area contributed by atoms with Crippen LogP contribution in [0.3, 0.4) is 0 Å². The van der Waals surface area contributed by atoms with Gasteiger partial charge in [0.05, 0.1) is 22.1 Å². The molecule has 4 rings (SSSR count). The molecule has 0 atom stereocenters. The number of nitro benzene ring substituents is 1. The Morgan fingerprint density at radius 2 is 1.91 bits per heavy atom. The first kappa shape index (κ1) is 22.1. The maximum atomic E-state index is 12.8. The molecule has 170 valence electrons. The van der Waals surface area contributed by atoms with Gasteiger partial charge in [-0.15, -0.1) is 0 Å². The first-order chi connectivity index (χ1) is 15.7. The van der Waals surface area contributed by atoms with E-state index in [9.17, 15) is 28.1 Å². The molecule has 1 saturated heterocycles. The van der Waals surface area contributed by atoms with Crippen molar-refractivity contribution in [2.75, 3.05) is 25.0 Å². The van der Waals surface area contributed by atoms with Crippen molar-refractivity contribution < 1.29 is 22.9 Å². The molecule has 0 spiro atoms. The van der Waals surface area contributed by atoms with Gasteiger partial charge < -0.3 is 10.6 Å². The number of hydrogen-bond acceptors (Lipinski definition) is 7. The highest BCUT2D eigenvalue weighted by Gasteiger charge is 2.29. The molecule has 2 heterocycles. The van der Waals surface area contributed by atoms with Gasteiger partial charge in [-0.05, 0) is 36.4 Å². The quantitative estimate of drug-likeness (QED) is 0.404. The van der Waals surface area contributed by atoms with Crippen LogP contribution in [-0.2, 0) is 14.8 Å². The van der Waals surface area contributed by atoms with E-state index in [1.54, 1.807) is 0 Å². The summed E-state index contributed by atoms with van der Waals surface area (Å²) in [5.41, 5.74) is 0.768. The molecule has 13 heteroatoms. The van der Waals surface area contributed by atoms with Gasteiger partial charge in [-0.2, -0.15) is 9.40 Å². The van der Waals surface area contributed by atoms with E-state index in [-0.39, 0.29) is 47.5 Å². The van der Waals surface area contributed by atoms with Gasteiger partial charge in [-0.3, -0.25) is 19.7 Å². The van der Waals surface area contributed by atoms with Crippen LogP contribution in [0.5, 0.6) is 0 Å². The number of benzene rings is 2. The van der Waals surface area contributed by atoms with Gasteiger partial charge in [-0.1, -0.05) is 6.07 Å². The molecule has 2 N–H and O–H groups in total. The summed E-state index contributed by atoms with van der Waals surface area (Å²) >= 11 is 0. The third-order valence-electron chi connectivity index (χ3n) is 4.88. The summed E-state index contributed by atoms with van der Waals surface area (Å²) < 4.78 is 28.2. The Bertz CT molecular complexity index is 1340. The summed E-state index contributed by atoms with van der Waals surface area (Å²) in [5.74, 6) is -0.944. The van der Waals surface area contributed by atoms with Crippen LogP contribution >= 0.6 is 0 Å². The predicted octanol–water partition coefficient (Wildman–Crippen LogP) is 1.15. The van der Waals surface area contributed by atoms with Gasteiger partial charge >= 0.3 is 0 Å². The van der Waals surface area contributed by atoms with E-state index in [2.05, 4.69) is 15.7 Å². The molecular formula is C20H18N6O6S. The van der Waals surface area contributed by atoms with Crippen molar-refractivity contribution in [1.82, 2.24) is 19.4 Å². The van der Waals surface area contributed by atoms with Crippen LogP contribution in [-0.4, -0.2) is 58.9 Å². The minimum absolute atomic E-state index is 0.0496. The molecule has 12 nitrogen and oxygen atoms in total. The summed E-state index contributed by atoms with van der Waals surface area (Å²) in [6.07, 6.45) is 1.53. The van der Waals surface area contributed by atoms with E-state index in [1.165, 1.54) is 65.5 Å². The Kier molecular flexibility index (Phi) is 5.89. The molecule has 1 aliphatic rings. The van der Waals surface area contributed by atoms with Gasteiger partial charge in [-0.25, -0.2) is 13.1 Å². The number of nitrogens with zero attached hydrogens (tertiary/aromatic N) is 4. The zero-order chi connectivity index (χ0) is 23.6. The lowest BCUT2D eigenvalue weighted by Gasteiger charge is -2.26. The van der Waals surface area contributed by atoms with Crippen molar-refractivity contribution in [2.45, 2.75) is 4.90 Å².